The lowest BCUT2D eigenvalue weighted by Gasteiger charge is -2.30. The van der Waals surface area contributed by atoms with E-state index in [-0.39, 0.29) is 23.3 Å². The maximum atomic E-state index is 15.8. The molecule has 0 amide bonds. The SMILES string of the molecule is CCCOC(=O)[C@H](C)NP(=O)(Oc1ccccc1)C(F)(F)c1ccc2ccc(C(=O)O)cc2c1. The van der Waals surface area contributed by atoms with Crippen LogP contribution in [0.15, 0.2) is 66.7 Å². The third-order valence-corrected chi connectivity index (χ3v) is 7.14. The normalized spacial score (nSPS) is 14.2. The molecule has 0 aliphatic carbocycles. The Hall–Kier alpha value is -3.29. The molecule has 7 nitrogen and oxygen atoms in total. The summed E-state index contributed by atoms with van der Waals surface area (Å²) in [4.78, 5) is 23.5. The van der Waals surface area contributed by atoms with Gasteiger partial charge in [0.15, 0.2) is 0 Å². The number of carboxylic acid groups (broad SMARTS) is 1. The van der Waals surface area contributed by atoms with Crippen LogP contribution in [0, 0.1) is 0 Å². The third-order valence-electron chi connectivity index (χ3n) is 4.95. The van der Waals surface area contributed by atoms with Crippen LogP contribution in [-0.2, 0) is 19.8 Å². The van der Waals surface area contributed by atoms with Gasteiger partial charge in [0.2, 0.25) is 0 Å². The first-order valence-corrected chi connectivity index (χ1v) is 12.1. The lowest BCUT2D eigenvalue weighted by atomic mass is 10.0. The summed E-state index contributed by atoms with van der Waals surface area (Å²) < 4.78 is 55.7. The van der Waals surface area contributed by atoms with E-state index in [9.17, 15) is 19.3 Å². The lowest BCUT2D eigenvalue weighted by Crippen LogP contribution is -2.39. The van der Waals surface area contributed by atoms with Crippen LogP contribution in [0.2, 0.25) is 0 Å². The second-order valence-corrected chi connectivity index (χ2v) is 9.70. The second kappa shape index (κ2) is 10.3. The van der Waals surface area contributed by atoms with E-state index in [0.717, 1.165) is 12.1 Å². The van der Waals surface area contributed by atoms with Crippen LogP contribution in [0.25, 0.3) is 10.8 Å². The topological polar surface area (TPSA) is 102 Å². The quantitative estimate of drug-likeness (QED) is 0.273. The van der Waals surface area contributed by atoms with Gasteiger partial charge in [0, 0.05) is 5.56 Å². The molecule has 1 unspecified atom stereocenters. The summed E-state index contributed by atoms with van der Waals surface area (Å²) in [6.45, 7) is 3.12. The number of benzene rings is 3. The molecule has 0 aromatic heterocycles. The van der Waals surface area contributed by atoms with Crippen molar-refractivity contribution in [2.45, 2.75) is 32.0 Å². The summed E-state index contributed by atoms with van der Waals surface area (Å²) in [5, 5.41) is 12.1. The number of hydrogen-bond acceptors (Lipinski definition) is 5. The van der Waals surface area contributed by atoms with Gasteiger partial charge in [-0.05, 0) is 54.4 Å². The van der Waals surface area contributed by atoms with Gasteiger partial charge in [-0.1, -0.05) is 43.3 Å². The van der Waals surface area contributed by atoms with Crippen LogP contribution < -0.4 is 9.61 Å². The first-order valence-electron chi connectivity index (χ1n) is 10.5. The number of aromatic carboxylic acids is 1. The van der Waals surface area contributed by atoms with Crippen LogP contribution in [0.5, 0.6) is 5.75 Å². The van der Waals surface area contributed by atoms with Crippen LogP contribution in [0.3, 0.4) is 0 Å². The molecule has 34 heavy (non-hydrogen) atoms. The Morgan fingerprint density at radius 2 is 1.74 bits per heavy atom. The van der Waals surface area contributed by atoms with E-state index in [2.05, 4.69) is 5.09 Å². The number of para-hydroxylation sites is 1. The van der Waals surface area contributed by atoms with Gasteiger partial charge in [-0.25, -0.2) is 9.88 Å². The van der Waals surface area contributed by atoms with E-state index in [1.54, 1.807) is 13.0 Å². The molecule has 0 aliphatic heterocycles. The lowest BCUT2D eigenvalue weighted by molar-refractivity contribution is -0.145. The first-order chi connectivity index (χ1) is 16.1. The average molecular weight is 491 g/mol. The zero-order valence-electron chi connectivity index (χ0n) is 18.5. The Labute approximate surface area is 195 Å². The van der Waals surface area contributed by atoms with E-state index in [4.69, 9.17) is 9.26 Å². The Kier molecular flexibility index (Phi) is 7.69. The van der Waals surface area contributed by atoms with E-state index in [0.29, 0.717) is 11.8 Å². The van der Waals surface area contributed by atoms with Crippen molar-refractivity contribution in [2.75, 3.05) is 6.61 Å². The average Bonchev–Trinajstić information content (AvgIpc) is 2.82. The van der Waals surface area contributed by atoms with E-state index < -0.39 is 36.7 Å². The molecule has 3 rings (SSSR count). The second-order valence-electron chi connectivity index (χ2n) is 7.60. The molecule has 0 heterocycles. The van der Waals surface area contributed by atoms with Crippen molar-refractivity contribution in [1.82, 2.24) is 5.09 Å². The number of fused-ring (bicyclic) bond motifs is 1. The van der Waals surface area contributed by atoms with Crippen molar-refractivity contribution >= 4 is 30.2 Å². The fourth-order valence-electron chi connectivity index (χ4n) is 3.17. The van der Waals surface area contributed by atoms with Crippen molar-refractivity contribution in [2.24, 2.45) is 0 Å². The van der Waals surface area contributed by atoms with Crippen LogP contribution in [0.1, 0.15) is 36.2 Å². The number of rotatable bonds is 10. The fraction of sp³-hybridized carbons (Fsp3) is 0.250. The minimum atomic E-state index is -5.12. The minimum absolute atomic E-state index is 0.0814. The van der Waals surface area contributed by atoms with Gasteiger partial charge < -0.3 is 14.4 Å². The van der Waals surface area contributed by atoms with Gasteiger partial charge in [0.25, 0.3) is 0 Å². The molecule has 0 spiro atoms. The summed E-state index contributed by atoms with van der Waals surface area (Å²) >= 11 is 0. The maximum Gasteiger partial charge on any atom is 0.390 e. The number of carbonyl (C=O) groups is 2. The number of carbonyl (C=O) groups excluding carboxylic acids is 1. The Bertz CT molecular complexity index is 1230. The van der Waals surface area contributed by atoms with Crippen LogP contribution in [0.4, 0.5) is 8.78 Å². The number of alkyl halides is 2. The Morgan fingerprint density at radius 1 is 1.06 bits per heavy atom. The van der Waals surface area contributed by atoms with E-state index in [1.807, 2.05) is 0 Å². The predicted octanol–water partition coefficient (Wildman–Crippen LogP) is 5.79. The fourth-order valence-corrected chi connectivity index (χ4v) is 5.01. The molecule has 180 valence electrons. The Balaban J connectivity index is 2.04. The number of hydrogen-bond donors (Lipinski definition) is 2. The van der Waals surface area contributed by atoms with Crippen LogP contribution in [-0.4, -0.2) is 29.7 Å². The van der Waals surface area contributed by atoms with Gasteiger partial charge in [-0.3, -0.25) is 9.36 Å². The summed E-state index contributed by atoms with van der Waals surface area (Å²) in [6.07, 6.45) is 0.530. The summed E-state index contributed by atoms with van der Waals surface area (Å²) in [7, 11) is -5.12. The minimum Gasteiger partial charge on any atom is -0.478 e. The smallest absolute Gasteiger partial charge is 0.390 e. The highest BCUT2D eigenvalue weighted by Crippen LogP contribution is 2.63. The highest BCUT2D eigenvalue weighted by Gasteiger charge is 2.56. The third kappa shape index (κ3) is 5.43. The predicted molar refractivity (Wildman–Crippen MR) is 123 cm³/mol. The molecule has 0 bridgehead atoms. The molecule has 3 aromatic rings. The number of esters is 1. The van der Waals surface area contributed by atoms with E-state index >= 15 is 8.78 Å². The first kappa shape index (κ1) is 25.3. The summed E-state index contributed by atoms with van der Waals surface area (Å²) in [6, 6.07) is 13.7. The molecule has 3 aromatic carbocycles. The maximum absolute atomic E-state index is 15.8. The molecule has 2 atom stereocenters. The largest absolute Gasteiger partial charge is 0.478 e. The highest BCUT2D eigenvalue weighted by molar-refractivity contribution is 7.58. The molecular formula is C24H24F2NO6P. The van der Waals surface area contributed by atoms with Crippen molar-refractivity contribution in [3.8, 4) is 5.75 Å². The molecule has 0 saturated heterocycles. The summed E-state index contributed by atoms with van der Waals surface area (Å²) in [5.41, 5.74) is -4.83. The molecule has 10 heteroatoms. The molecule has 0 saturated carbocycles. The standard InChI is InChI=1S/C24H24F2NO6P/c1-3-13-32-23(30)16(2)27-34(31,33-21-7-5-4-6-8-21)24(25,26)20-12-11-17-9-10-18(22(28)29)14-19(17)15-20/h4-12,14-16H,3,13H2,1-2H3,(H,27,31)(H,28,29)/t16-,34?/m0/s1. The molecule has 0 fully saturated rings. The van der Waals surface area contributed by atoms with Crippen molar-refractivity contribution < 1.29 is 37.3 Å². The van der Waals surface area contributed by atoms with Crippen molar-refractivity contribution in [3.05, 3.63) is 77.9 Å². The van der Waals surface area contributed by atoms with Gasteiger partial charge in [-0.15, -0.1) is 0 Å². The molecule has 0 radical (unpaired) electrons. The monoisotopic (exact) mass is 491 g/mol. The Morgan fingerprint density at radius 3 is 2.38 bits per heavy atom. The zero-order chi connectivity index (χ0) is 24.9. The number of ether oxygens (including phenoxy) is 1. The summed E-state index contributed by atoms with van der Waals surface area (Å²) in [5.74, 6) is -2.14. The van der Waals surface area contributed by atoms with Gasteiger partial charge in [0.1, 0.15) is 11.8 Å². The number of nitrogens with one attached hydrogen (secondary N) is 1. The molecular weight excluding hydrogens is 467 g/mol. The highest BCUT2D eigenvalue weighted by atomic mass is 31.2. The molecule has 2 N–H and O–H groups in total. The number of carboxylic acids is 1. The van der Waals surface area contributed by atoms with Crippen molar-refractivity contribution in [3.63, 3.8) is 0 Å². The zero-order valence-corrected chi connectivity index (χ0v) is 19.4. The van der Waals surface area contributed by atoms with Crippen LogP contribution >= 0.6 is 7.52 Å². The van der Waals surface area contributed by atoms with Crippen molar-refractivity contribution in [1.29, 1.82) is 0 Å². The van der Waals surface area contributed by atoms with Gasteiger partial charge in [-0.2, -0.15) is 8.78 Å². The van der Waals surface area contributed by atoms with Gasteiger partial charge >= 0.3 is 25.1 Å². The van der Waals surface area contributed by atoms with Gasteiger partial charge in [0.05, 0.1) is 12.2 Å². The number of halogens is 2. The molecule has 0 aliphatic rings. The van der Waals surface area contributed by atoms with E-state index in [1.165, 1.54) is 55.5 Å².